The standard InChI is InChI=1S/C10H8N2O2S/c13-8-9(14)12(10(15)11-8)6-7-4-2-1-3-5-7/h1-5H,6H2,(H,11,13,15). The fourth-order valence-electron chi connectivity index (χ4n) is 1.34. The Kier molecular flexibility index (Phi) is 2.47. The molecule has 1 heterocycles. The highest BCUT2D eigenvalue weighted by Gasteiger charge is 2.33. The first-order chi connectivity index (χ1) is 7.18. The molecule has 4 nitrogen and oxygen atoms in total. The molecule has 76 valence electrons. The molecule has 2 rings (SSSR count). The van der Waals surface area contributed by atoms with Crippen LogP contribution in [0.2, 0.25) is 0 Å². The smallest absolute Gasteiger partial charge is 0.294 e. The zero-order valence-corrected chi connectivity index (χ0v) is 8.58. The van der Waals surface area contributed by atoms with Gasteiger partial charge in [-0.3, -0.25) is 19.8 Å². The fourth-order valence-corrected chi connectivity index (χ4v) is 1.58. The van der Waals surface area contributed by atoms with E-state index in [9.17, 15) is 9.59 Å². The molecule has 0 saturated carbocycles. The van der Waals surface area contributed by atoms with Crippen LogP contribution in [0.15, 0.2) is 30.3 Å². The van der Waals surface area contributed by atoms with Gasteiger partial charge in [0.1, 0.15) is 0 Å². The fraction of sp³-hybridized carbons (Fsp3) is 0.100. The lowest BCUT2D eigenvalue weighted by Gasteiger charge is -2.12. The molecule has 0 atom stereocenters. The van der Waals surface area contributed by atoms with Crippen LogP contribution in [-0.4, -0.2) is 21.8 Å². The summed E-state index contributed by atoms with van der Waals surface area (Å²) in [6, 6.07) is 9.37. The van der Waals surface area contributed by atoms with Gasteiger partial charge in [0.05, 0.1) is 6.54 Å². The molecule has 15 heavy (non-hydrogen) atoms. The number of benzene rings is 1. The average Bonchev–Trinajstić information content (AvgIpc) is 2.47. The molecule has 1 fully saturated rings. The predicted octanol–water partition coefficient (Wildman–Crippen LogP) is 0.430. The second-order valence-corrected chi connectivity index (χ2v) is 3.52. The van der Waals surface area contributed by atoms with Crippen LogP contribution in [0.4, 0.5) is 0 Å². The first-order valence-electron chi connectivity index (χ1n) is 4.39. The van der Waals surface area contributed by atoms with Gasteiger partial charge in [-0.15, -0.1) is 0 Å². The molecule has 2 amide bonds. The molecule has 1 aliphatic rings. The normalized spacial score (nSPS) is 15.7. The highest BCUT2D eigenvalue weighted by Crippen LogP contribution is 2.08. The third kappa shape index (κ3) is 1.87. The maximum absolute atomic E-state index is 11.3. The number of hydrogen-bond donors (Lipinski definition) is 1. The summed E-state index contributed by atoms with van der Waals surface area (Å²) in [6.45, 7) is 0.331. The van der Waals surface area contributed by atoms with Gasteiger partial charge < -0.3 is 0 Å². The molecule has 0 spiro atoms. The van der Waals surface area contributed by atoms with Gasteiger partial charge in [0.25, 0.3) is 0 Å². The number of carbonyl (C=O) groups is 2. The van der Waals surface area contributed by atoms with Crippen LogP contribution >= 0.6 is 12.2 Å². The van der Waals surface area contributed by atoms with Crippen molar-refractivity contribution in [3.63, 3.8) is 0 Å². The van der Waals surface area contributed by atoms with E-state index in [4.69, 9.17) is 12.2 Å². The van der Waals surface area contributed by atoms with Crippen molar-refractivity contribution < 1.29 is 9.59 Å². The minimum Gasteiger partial charge on any atom is -0.294 e. The van der Waals surface area contributed by atoms with Crippen LogP contribution in [0.1, 0.15) is 5.56 Å². The molecule has 0 radical (unpaired) electrons. The zero-order valence-electron chi connectivity index (χ0n) is 7.77. The lowest BCUT2D eigenvalue weighted by Crippen LogP contribution is -2.30. The molecule has 1 N–H and O–H groups in total. The predicted molar refractivity (Wildman–Crippen MR) is 57.7 cm³/mol. The maximum Gasteiger partial charge on any atom is 0.318 e. The van der Waals surface area contributed by atoms with Crippen LogP contribution in [0.3, 0.4) is 0 Å². The van der Waals surface area contributed by atoms with Crippen molar-refractivity contribution in [3.05, 3.63) is 35.9 Å². The molecule has 1 saturated heterocycles. The molecule has 0 bridgehead atoms. The van der Waals surface area contributed by atoms with E-state index in [1.165, 1.54) is 4.90 Å². The SMILES string of the molecule is O=C1NC(=S)N(Cc2ccccc2)C1=O. The Morgan fingerprint density at radius 2 is 1.87 bits per heavy atom. The Balaban J connectivity index is 2.16. The van der Waals surface area contributed by atoms with Crippen LogP contribution in [0.25, 0.3) is 0 Å². The quantitative estimate of drug-likeness (QED) is 0.581. The van der Waals surface area contributed by atoms with Crippen LogP contribution < -0.4 is 5.32 Å². The van der Waals surface area contributed by atoms with Crippen LogP contribution in [0.5, 0.6) is 0 Å². The second kappa shape index (κ2) is 3.78. The number of nitrogens with one attached hydrogen (secondary N) is 1. The largest absolute Gasteiger partial charge is 0.318 e. The van der Waals surface area contributed by atoms with E-state index in [-0.39, 0.29) is 5.11 Å². The summed E-state index contributed by atoms with van der Waals surface area (Å²) in [7, 11) is 0. The molecule has 0 aromatic heterocycles. The number of carbonyl (C=O) groups excluding carboxylic acids is 2. The van der Waals surface area contributed by atoms with Gasteiger partial charge in [-0.1, -0.05) is 30.3 Å². The van der Waals surface area contributed by atoms with E-state index >= 15 is 0 Å². The van der Waals surface area contributed by atoms with E-state index in [2.05, 4.69) is 5.32 Å². The van der Waals surface area contributed by atoms with Crippen molar-refractivity contribution in [1.29, 1.82) is 0 Å². The van der Waals surface area contributed by atoms with Crippen molar-refractivity contribution in [1.82, 2.24) is 10.2 Å². The number of amides is 2. The highest BCUT2D eigenvalue weighted by atomic mass is 32.1. The Bertz CT molecular complexity index is 430. The topological polar surface area (TPSA) is 49.4 Å². The monoisotopic (exact) mass is 220 g/mol. The van der Waals surface area contributed by atoms with Gasteiger partial charge in [-0.2, -0.15) is 0 Å². The van der Waals surface area contributed by atoms with Crippen molar-refractivity contribution in [3.8, 4) is 0 Å². The summed E-state index contributed by atoms with van der Waals surface area (Å²) in [6.07, 6.45) is 0. The van der Waals surface area contributed by atoms with Gasteiger partial charge in [0, 0.05) is 0 Å². The molecule has 1 aliphatic heterocycles. The van der Waals surface area contributed by atoms with Gasteiger partial charge in [0.15, 0.2) is 5.11 Å². The number of rotatable bonds is 2. The van der Waals surface area contributed by atoms with Gasteiger partial charge in [0.2, 0.25) is 0 Å². The molecule has 0 unspecified atom stereocenters. The Morgan fingerprint density at radius 1 is 1.20 bits per heavy atom. The van der Waals surface area contributed by atoms with Crippen molar-refractivity contribution >= 4 is 29.1 Å². The van der Waals surface area contributed by atoms with E-state index in [1.54, 1.807) is 0 Å². The number of hydrogen-bond acceptors (Lipinski definition) is 3. The third-order valence-corrected chi connectivity index (χ3v) is 2.41. The molecular weight excluding hydrogens is 212 g/mol. The summed E-state index contributed by atoms with van der Waals surface area (Å²) in [5.41, 5.74) is 0.935. The van der Waals surface area contributed by atoms with Crippen molar-refractivity contribution in [2.24, 2.45) is 0 Å². The highest BCUT2D eigenvalue weighted by molar-refractivity contribution is 7.80. The van der Waals surface area contributed by atoms with Crippen LogP contribution in [-0.2, 0) is 16.1 Å². The van der Waals surface area contributed by atoms with Gasteiger partial charge in [-0.05, 0) is 17.8 Å². The van der Waals surface area contributed by atoms with Gasteiger partial charge in [-0.25, -0.2) is 0 Å². The minimum atomic E-state index is -0.657. The number of thiocarbonyl (C=S) groups is 1. The summed E-state index contributed by atoms with van der Waals surface area (Å²) >= 11 is 4.87. The van der Waals surface area contributed by atoms with Crippen molar-refractivity contribution in [2.75, 3.05) is 0 Å². The van der Waals surface area contributed by atoms with E-state index in [1.807, 2.05) is 30.3 Å². The molecule has 5 heteroatoms. The van der Waals surface area contributed by atoms with E-state index < -0.39 is 11.8 Å². The summed E-state index contributed by atoms with van der Waals surface area (Å²) < 4.78 is 0. The van der Waals surface area contributed by atoms with E-state index in [0.29, 0.717) is 6.54 Å². The zero-order chi connectivity index (χ0) is 10.8. The van der Waals surface area contributed by atoms with Gasteiger partial charge >= 0.3 is 11.8 Å². The van der Waals surface area contributed by atoms with Crippen LogP contribution in [0, 0.1) is 0 Å². The Hall–Kier alpha value is -1.75. The number of nitrogens with zero attached hydrogens (tertiary/aromatic N) is 1. The summed E-state index contributed by atoms with van der Waals surface area (Å²) in [4.78, 5) is 23.6. The first-order valence-corrected chi connectivity index (χ1v) is 4.80. The first kappa shape index (κ1) is 9.79. The Morgan fingerprint density at radius 3 is 2.40 bits per heavy atom. The lowest BCUT2D eigenvalue weighted by atomic mass is 10.2. The lowest BCUT2D eigenvalue weighted by molar-refractivity contribution is -0.140. The molecule has 1 aromatic carbocycles. The maximum atomic E-state index is 11.3. The second-order valence-electron chi connectivity index (χ2n) is 3.14. The molecule has 1 aromatic rings. The third-order valence-electron chi connectivity index (χ3n) is 2.09. The Labute approximate surface area is 91.9 Å². The minimum absolute atomic E-state index is 0.175. The average molecular weight is 220 g/mol. The van der Waals surface area contributed by atoms with E-state index in [0.717, 1.165) is 5.56 Å². The summed E-state index contributed by atoms with van der Waals surface area (Å²) in [5, 5.41) is 2.48. The molecular formula is C10H8N2O2S. The summed E-state index contributed by atoms with van der Waals surface area (Å²) in [5.74, 6) is -1.25. The van der Waals surface area contributed by atoms with Crippen molar-refractivity contribution in [2.45, 2.75) is 6.54 Å². The molecule has 0 aliphatic carbocycles.